The van der Waals surface area contributed by atoms with E-state index in [1.807, 2.05) is 0 Å². The van der Waals surface area contributed by atoms with Crippen molar-refractivity contribution in [2.75, 3.05) is 0 Å². The van der Waals surface area contributed by atoms with Gasteiger partial charge in [0.2, 0.25) is 0 Å². The summed E-state index contributed by atoms with van der Waals surface area (Å²) in [5.74, 6) is -0.922. The van der Waals surface area contributed by atoms with E-state index >= 15 is 0 Å². The Kier molecular flexibility index (Phi) is 2.60. The van der Waals surface area contributed by atoms with E-state index in [-0.39, 0.29) is 11.6 Å². The van der Waals surface area contributed by atoms with E-state index in [1.54, 1.807) is 6.92 Å². The highest BCUT2D eigenvalue weighted by atomic mass is 35.5. The van der Waals surface area contributed by atoms with Gasteiger partial charge in [-0.05, 0) is 6.92 Å². The topological polar surface area (TPSA) is 63.1 Å². The van der Waals surface area contributed by atoms with Crippen LogP contribution in [0.5, 0.6) is 0 Å². The zero-order valence-electron chi connectivity index (χ0n) is 6.41. The molecule has 12 heavy (non-hydrogen) atoms. The minimum atomic E-state index is -0.922. The molecule has 0 saturated heterocycles. The number of hydrogen-bond donors (Lipinski definition) is 1. The van der Waals surface area contributed by atoms with E-state index in [2.05, 4.69) is 9.97 Å². The molecule has 1 aromatic rings. The molecule has 4 nitrogen and oxygen atoms in total. The summed E-state index contributed by atoms with van der Waals surface area (Å²) >= 11 is 5.53. The van der Waals surface area contributed by atoms with Gasteiger partial charge in [0.05, 0.1) is 24.0 Å². The Morgan fingerprint density at radius 1 is 1.75 bits per heavy atom. The zero-order valence-corrected chi connectivity index (χ0v) is 7.17. The molecular formula is C7H7ClN2O2. The van der Waals surface area contributed by atoms with Crippen LogP contribution in [0.2, 0.25) is 5.15 Å². The van der Waals surface area contributed by atoms with Crippen LogP contribution in [0, 0.1) is 6.92 Å². The molecule has 0 atom stereocenters. The van der Waals surface area contributed by atoms with Gasteiger partial charge in [0.1, 0.15) is 5.15 Å². The van der Waals surface area contributed by atoms with Gasteiger partial charge in [-0.25, -0.2) is 4.98 Å². The average Bonchev–Trinajstić information content (AvgIpc) is 1.94. The number of hydrogen-bond acceptors (Lipinski definition) is 3. The molecule has 0 saturated carbocycles. The average molecular weight is 187 g/mol. The summed E-state index contributed by atoms with van der Waals surface area (Å²) in [6.45, 7) is 1.68. The quantitative estimate of drug-likeness (QED) is 0.751. The van der Waals surface area contributed by atoms with Gasteiger partial charge in [0, 0.05) is 0 Å². The molecule has 0 fully saturated rings. The number of carboxylic acids is 1. The van der Waals surface area contributed by atoms with Crippen LogP contribution >= 0.6 is 11.6 Å². The first-order chi connectivity index (χ1) is 5.59. The summed E-state index contributed by atoms with van der Waals surface area (Å²) in [6.07, 6.45) is 1.23. The second-order valence-electron chi connectivity index (χ2n) is 2.30. The van der Waals surface area contributed by atoms with Crippen LogP contribution in [0.1, 0.15) is 11.4 Å². The number of halogens is 1. The largest absolute Gasteiger partial charge is 0.481 e. The summed E-state index contributed by atoms with van der Waals surface area (Å²) in [6, 6.07) is 0. The lowest BCUT2D eigenvalue weighted by atomic mass is 10.2. The molecule has 0 aromatic carbocycles. The van der Waals surface area contributed by atoms with E-state index in [0.29, 0.717) is 11.4 Å². The maximum atomic E-state index is 10.3. The molecule has 0 aliphatic carbocycles. The SMILES string of the molecule is Cc1nc(Cl)cnc1CC(=O)O. The first kappa shape index (κ1) is 8.93. The van der Waals surface area contributed by atoms with Crippen LogP contribution in [0.4, 0.5) is 0 Å². The Balaban J connectivity index is 2.93. The first-order valence-electron chi connectivity index (χ1n) is 3.29. The molecule has 1 rings (SSSR count). The number of carbonyl (C=O) groups is 1. The van der Waals surface area contributed by atoms with Gasteiger partial charge in [-0.3, -0.25) is 9.78 Å². The predicted molar refractivity (Wildman–Crippen MR) is 43.1 cm³/mol. The third kappa shape index (κ3) is 2.17. The van der Waals surface area contributed by atoms with Crippen molar-refractivity contribution in [3.05, 3.63) is 22.7 Å². The maximum absolute atomic E-state index is 10.3. The van der Waals surface area contributed by atoms with Gasteiger partial charge in [-0.15, -0.1) is 0 Å². The fourth-order valence-electron chi connectivity index (χ4n) is 0.795. The number of aryl methyl sites for hydroxylation is 1. The number of rotatable bonds is 2. The monoisotopic (exact) mass is 186 g/mol. The number of aliphatic carboxylic acids is 1. The first-order valence-corrected chi connectivity index (χ1v) is 3.67. The normalized spacial score (nSPS) is 9.83. The van der Waals surface area contributed by atoms with E-state index in [1.165, 1.54) is 6.20 Å². The van der Waals surface area contributed by atoms with Crippen molar-refractivity contribution in [2.24, 2.45) is 0 Å². The molecule has 0 bridgehead atoms. The van der Waals surface area contributed by atoms with Gasteiger partial charge in [-0.1, -0.05) is 11.6 Å². The summed E-state index contributed by atoms with van der Waals surface area (Å²) < 4.78 is 0. The summed E-state index contributed by atoms with van der Waals surface area (Å²) in [7, 11) is 0. The number of carboxylic acid groups (broad SMARTS) is 1. The van der Waals surface area contributed by atoms with E-state index in [4.69, 9.17) is 16.7 Å². The summed E-state index contributed by atoms with van der Waals surface area (Å²) in [4.78, 5) is 18.0. The van der Waals surface area contributed by atoms with Gasteiger partial charge < -0.3 is 5.11 Å². The highest BCUT2D eigenvalue weighted by Crippen LogP contribution is 2.07. The molecule has 1 N–H and O–H groups in total. The minimum absolute atomic E-state index is 0.115. The van der Waals surface area contributed by atoms with Crippen LogP contribution in [0.25, 0.3) is 0 Å². The second-order valence-corrected chi connectivity index (χ2v) is 2.68. The third-order valence-electron chi connectivity index (χ3n) is 1.34. The lowest BCUT2D eigenvalue weighted by molar-refractivity contribution is -0.136. The van der Waals surface area contributed by atoms with Gasteiger partial charge in [-0.2, -0.15) is 0 Å². The van der Waals surface area contributed by atoms with Crippen molar-refractivity contribution in [3.8, 4) is 0 Å². The Morgan fingerprint density at radius 3 is 2.92 bits per heavy atom. The standard InChI is InChI=1S/C7H7ClN2O2/c1-4-5(2-7(11)12)9-3-6(8)10-4/h3H,2H2,1H3,(H,11,12). The third-order valence-corrected chi connectivity index (χ3v) is 1.52. The number of aromatic nitrogens is 2. The Labute approximate surface area is 74.2 Å². The molecule has 0 amide bonds. The Hall–Kier alpha value is -1.16. The lowest BCUT2D eigenvalue weighted by Crippen LogP contribution is -2.05. The van der Waals surface area contributed by atoms with Crippen molar-refractivity contribution < 1.29 is 9.90 Å². The van der Waals surface area contributed by atoms with Crippen molar-refractivity contribution in [1.82, 2.24) is 9.97 Å². The van der Waals surface area contributed by atoms with E-state index in [0.717, 1.165) is 0 Å². The van der Waals surface area contributed by atoms with Crippen molar-refractivity contribution >= 4 is 17.6 Å². The molecule has 64 valence electrons. The van der Waals surface area contributed by atoms with Crippen LogP contribution in [-0.4, -0.2) is 21.0 Å². The molecular weight excluding hydrogens is 180 g/mol. The molecule has 1 heterocycles. The highest BCUT2D eigenvalue weighted by molar-refractivity contribution is 6.29. The maximum Gasteiger partial charge on any atom is 0.309 e. The summed E-state index contributed by atoms with van der Waals surface area (Å²) in [5.41, 5.74) is 1.01. The zero-order chi connectivity index (χ0) is 9.14. The molecule has 5 heteroatoms. The highest BCUT2D eigenvalue weighted by Gasteiger charge is 2.06. The fraction of sp³-hybridized carbons (Fsp3) is 0.286. The molecule has 0 unspecified atom stereocenters. The van der Waals surface area contributed by atoms with E-state index < -0.39 is 5.97 Å². The van der Waals surface area contributed by atoms with Crippen molar-refractivity contribution in [3.63, 3.8) is 0 Å². The predicted octanol–water partition coefficient (Wildman–Crippen LogP) is 1.07. The van der Waals surface area contributed by atoms with Gasteiger partial charge in [0.15, 0.2) is 0 Å². The van der Waals surface area contributed by atoms with Gasteiger partial charge in [0.25, 0.3) is 0 Å². The van der Waals surface area contributed by atoms with Crippen LogP contribution in [-0.2, 0) is 11.2 Å². The fourth-order valence-corrected chi connectivity index (χ4v) is 0.971. The van der Waals surface area contributed by atoms with E-state index in [9.17, 15) is 4.79 Å². The molecule has 0 aliphatic rings. The molecule has 1 aromatic heterocycles. The molecule has 0 aliphatic heterocycles. The smallest absolute Gasteiger partial charge is 0.309 e. The van der Waals surface area contributed by atoms with Crippen LogP contribution in [0.3, 0.4) is 0 Å². The minimum Gasteiger partial charge on any atom is -0.481 e. The number of nitrogens with zero attached hydrogens (tertiary/aromatic N) is 2. The lowest BCUT2D eigenvalue weighted by Gasteiger charge is -1.99. The Morgan fingerprint density at radius 2 is 2.42 bits per heavy atom. The van der Waals surface area contributed by atoms with Crippen molar-refractivity contribution in [1.29, 1.82) is 0 Å². The second kappa shape index (κ2) is 3.49. The van der Waals surface area contributed by atoms with Crippen LogP contribution in [0.15, 0.2) is 6.20 Å². The Bertz CT molecular complexity index is 314. The molecule has 0 spiro atoms. The van der Waals surface area contributed by atoms with Crippen LogP contribution < -0.4 is 0 Å². The summed E-state index contributed by atoms with van der Waals surface area (Å²) in [5, 5.41) is 8.74. The molecule has 0 radical (unpaired) electrons. The van der Waals surface area contributed by atoms with Crippen molar-refractivity contribution in [2.45, 2.75) is 13.3 Å². The van der Waals surface area contributed by atoms with Gasteiger partial charge >= 0.3 is 5.97 Å².